The van der Waals surface area contributed by atoms with Crippen LogP contribution in [-0.4, -0.2) is 45.7 Å². The number of hydrogen-bond donors (Lipinski definition) is 1. The summed E-state index contributed by atoms with van der Waals surface area (Å²) in [5, 5.41) is 3.81. The number of hydrogen-bond acceptors (Lipinski definition) is 4. The van der Waals surface area contributed by atoms with Crippen molar-refractivity contribution in [1.82, 2.24) is 10.2 Å². The van der Waals surface area contributed by atoms with Gasteiger partial charge in [-0.2, -0.15) is 0 Å². The van der Waals surface area contributed by atoms with Crippen LogP contribution in [0.15, 0.2) is 0 Å². The number of imide groups is 1. The summed E-state index contributed by atoms with van der Waals surface area (Å²) in [5.74, 6) is 0.736. The van der Waals surface area contributed by atoms with Gasteiger partial charge in [0.2, 0.25) is 17.7 Å². The molecular formula is C31H54N2O3S. The Morgan fingerprint density at radius 2 is 1.49 bits per heavy atom. The first-order valence-electron chi connectivity index (χ1n) is 15.8. The first-order valence-corrected chi connectivity index (χ1v) is 16.8. The number of unbranched alkanes of at least 4 members (excludes halogenated alkanes) is 7. The molecule has 6 heteroatoms. The van der Waals surface area contributed by atoms with Crippen molar-refractivity contribution in [2.24, 2.45) is 11.8 Å². The van der Waals surface area contributed by atoms with Crippen molar-refractivity contribution < 1.29 is 14.4 Å². The van der Waals surface area contributed by atoms with E-state index in [0.717, 1.165) is 38.5 Å². The zero-order valence-corrected chi connectivity index (χ0v) is 24.6. The normalized spacial score (nSPS) is 25.7. The van der Waals surface area contributed by atoms with Gasteiger partial charge in [-0.1, -0.05) is 84.5 Å². The highest BCUT2D eigenvalue weighted by Crippen LogP contribution is 2.37. The molecule has 1 heterocycles. The summed E-state index contributed by atoms with van der Waals surface area (Å²) in [6, 6.07) is 0.315. The number of amides is 3. The molecule has 3 rings (SSSR count). The molecule has 212 valence electrons. The Labute approximate surface area is 231 Å². The van der Waals surface area contributed by atoms with Crippen molar-refractivity contribution >= 4 is 29.5 Å². The molecule has 0 aromatic rings. The molecule has 2 aliphatic carbocycles. The molecule has 2 atom stereocenters. The summed E-state index contributed by atoms with van der Waals surface area (Å²) in [6.45, 7) is 5.04. The van der Waals surface area contributed by atoms with Gasteiger partial charge in [0, 0.05) is 30.2 Å². The van der Waals surface area contributed by atoms with Gasteiger partial charge in [-0.3, -0.25) is 19.3 Å². The fraction of sp³-hybridized carbons (Fsp3) is 0.903. The van der Waals surface area contributed by atoms with Gasteiger partial charge in [0.05, 0.1) is 5.25 Å². The summed E-state index contributed by atoms with van der Waals surface area (Å²) in [4.78, 5) is 40.2. The average Bonchev–Trinajstić information content (AvgIpc) is 3.50. The lowest BCUT2D eigenvalue weighted by atomic mass is 9.81. The molecule has 3 fully saturated rings. The van der Waals surface area contributed by atoms with E-state index >= 15 is 0 Å². The van der Waals surface area contributed by atoms with Crippen molar-refractivity contribution in [2.45, 2.75) is 159 Å². The molecule has 0 spiro atoms. The number of nitrogens with zero attached hydrogens (tertiary/aromatic N) is 1. The maximum atomic E-state index is 13.1. The van der Waals surface area contributed by atoms with Crippen LogP contribution in [0.5, 0.6) is 0 Å². The highest BCUT2D eigenvalue weighted by atomic mass is 32.2. The minimum absolute atomic E-state index is 0.0180. The van der Waals surface area contributed by atoms with Crippen LogP contribution in [0.2, 0.25) is 0 Å². The number of carbonyl (C=O) groups excluding carboxylic acids is 3. The van der Waals surface area contributed by atoms with Gasteiger partial charge in [-0.25, -0.2) is 0 Å². The maximum absolute atomic E-state index is 13.1. The monoisotopic (exact) mass is 534 g/mol. The van der Waals surface area contributed by atoms with Crippen LogP contribution in [0.3, 0.4) is 0 Å². The lowest BCUT2D eigenvalue weighted by Gasteiger charge is -2.31. The van der Waals surface area contributed by atoms with Crippen molar-refractivity contribution in [3.8, 4) is 0 Å². The van der Waals surface area contributed by atoms with E-state index in [4.69, 9.17) is 0 Å². The molecule has 3 amide bonds. The van der Waals surface area contributed by atoms with E-state index in [0.29, 0.717) is 30.2 Å². The van der Waals surface area contributed by atoms with Crippen molar-refractivity contribution in [2.75, 3.05) is 6.54 Å². The minimum atomic E-state index is -0.158. The van der Waals surface area contributed by atoms with E-state index in [1.165, 1.54) is 83.5 Å². The van der Waals surface area contributed by atoms with Crippen LogP contribution in [0, 0.1) is 11.8 Å². The smallest absolute Gasteiger partial charge is 0.242 e. The Morgan fingerprint density at radius 1 is 0.865 bits per heavy atom. The van der Waals surface area contributed by atoms with Crippen LogP contribution in [0.1, 0.15) is 142 Å². The summed E-state index contributed by atoms with van der Waals surface area (Å²) in [5.41, 5.74) is 0. The van der Waals surface area contributed by atoms with E-state index in [1.54, 1.807) is 16.7 Å². The molecule has 2 saturated carbocycles. The van der Waals surface area contributed by atoms with Gasteiger partial charge >= 0.3 is 0 Å². The Bertz CT molecular complexity index is 701. The van der Waals surface area contributed by atoms with Gasteiger partial charge in [0.1, 0.15) is 0 Å². The van der Waals surface area contributed by atoms with E-state index < -0.39 is 0 Å². The van der Waals surface area contributed by atoms with Crippen LogP contribution in [0.25, 0.3) is 0 Å². The number of carbonyl (C=O) groups is 3. The van der Waals surface area contributed by atoms with E-state index in [9.17, 15) is 14.4 Å². The number of rotatable bonds is 17. The lowest BCUT2D eigenvalue weighted by molar-refractivity contribution is -0.139. The molecular weight excluding hydrogens is 480 g/mol. The third-order valence-corrected chi connectivity index (χ3v) is 10.5. The molecule has 5 nitrogen and oxygen atoms in total. The molecule has 0 bridgehead atoms. The largest absolute Gasteiger partial charge is 0.353 e. The standard InChI is InChI=1S/C31H54N2O3S/c1-3-5-7-8-9-10-11-15-26(14-6-4-2)32-30(35)25-20-18-24(19-21-25)23-33-29(34)22-28(31(33)36)37-27-16-12-13-17-27/h24-28H,3-23H2,1-2H3,(H,32,35). The van der Waals surface area contributed by atoms with E-state index in [-0.39, 0.29) is 28.9 Å². The number of likely N-dealkylation sites (tertiary alicyclic amines) is 1. The van der Waals surface area contributed by atoms with E-state index in [1.807, 2.05) is 0 Å². The van der Waals surface area contributed by atoms with Gasteiger partial charge in [-0.05, 0) is 57.3 Å². The van der Waals surface area contributed by atoms with Gasteiger partial charge in [0.25, 0.3) is 0 Å². The molecule has 1 N–H and O–H groups in total. The third kappa shape index (κ3) is 10.2. The molecule has 0 aromatic heterocycles. The Morgan fingerprint density at radius 3 is 2.16 bits per heavy atom. The van der Waals surface area contributed by atoms with Gasteiger partial charge in [0.15, 0.2) is 0 Å². The summed E-state index contributed by atoms with van der Waals surface area (Å²) < 4.78 is 0. The zero-order chi connectivity index (χ0) is 26.5. The molecule has 2 unspecified atom stereocenters. The van der Waals surface area contributed by atoms with Crippen LogP contribution < -0.4 is 5.32 Å². The average molecular weight is 535 g/mol. The Kier molecular flexibility index (Phi) is 13.9. The van der Waals surface area contributed by atoms with E-state index in [2.05, 4.69) is 19.2 Å². The molecule has 37 heavy (non-hydrogen) atoms. The predicted molar refractivity (Wildman–Crippen MR) is 154 cm³/mol. The molecule has 1 saturated heterocycles. The third-order valence-electron chi connectivity index (χ3n) is 8.93. The maximum Gasteiger partial charge on any atom is 0.242 e. The highest BCUT2D eigenvalue weighted by molar-refractivity contribution is 8.01. The highest BCUT2D eigenvalue weighted by Gasteiger charge is 2.41. The second-order valence-corrected chi connectivity index (χ2v) is 13.6. The Balaban J connectivity index is 1.36. The van der Waals surface area contributed by atoms with Crippen molar-refractivity contribution in [3.05, 3.63) is 0 Å². The molecule has 0 aromatic carbocycles. The second kappa shape index (κ2) is 16.8. The summed E-state index contributed by atoms with van der Waals surface area (Å²) in [7, 11) is 0. The first-order chi connectivity index (χ1) is 18.0. The van der Waals surface area contributed by atoms with Gasteiger partial charge < -0.3 is 5.32 Å². The van der Waals surface area contributed by atoms with Crippen LogP contribution in [-0.2, 0) is 14.4 Å². The Hall–Kier alpha value is -1.04. The van der Waals surface area contributed by atoms with Crippen molar-refractivity contribution in [3.63, 3.8) is 0 Å². The lowest BCUT2D eigenvalue weighted by Crippen LogP contribution is -2.41. The number of thioether (sulfide) groups is 1. The summed E-state index contributed by atoms with van der Waals surface area (Å²) in [6.07, 6.45) is 22.6. The molecule has 1 aliphatic heterocycles. The zero-order valence-electron chi connectivity index (χ0n) is 23.8. The van der Waals surface area contributed by atoms with Crippen LogP contribution in [0.4, 0.5) is 0 Å². The first kappa shape index (κ1) is 30.5. The number of nitrogens with one attached hydrogen (secondary N) is 1. The summed E-state index contributed by atoms with van der Waals surface area (Å²) >= 11 is 1.75. The SMILES string of the molecule is CCCCCCCCCC(CCCC)NC(=O)C1CCC(CN2C(=O)CC(SC3CCCC3)C2=O)CC1. The van der Waals surface area contributed by atoms with Gasteiger partial charge in [-0.15, -0.1) is 11.8 Å². The fourth-order valence-electron chi connectivity index (χ4n) is 6.48. The quantitative estimate of drug-likeness (QED) is 0.156. The molecule has 3 aliphatic rings. The fourth-order valence-corrected chi connectivity index (χ4v) is 8.03. The molecule has 0 radical (unpaired) electrons. The van der Waals surface area contributed by atoms with Crippen LogP contribution >= 0.6 is 11.8 Å². The van der Waals surface area contributed by atoms with Crippen molar-refractivity contribution in [1.29, 1.82) is 0 Å². The topological polar surface area (TPSA) is 66.5 Å². The minimum Gasteiger partial charge on any atom is -0.353 e. The predicted octanol–water partition coefficient (Wildman–Crippen LogP) is 7.41. The second-order valence-electron chi connectivity index (χ2n) is 12.1.